The van der Waals surface area contributed by atoms with E-state index in [-0.39, 0.29) is 6.10 Å². The Bertz CT molecular complexity index is 858. The lowest BCUT2D eigenvalue weighted by Crippen LogP contribution is -2.31. The van der Waals surface area contributed by atoms with Crippen LogP contribution >= 0.6 is 0 Å². The number of ether oxygens (including phenoxy) is 1. The molecule has 1 heterocycles. The third-order valence-corrected chi connectivity index (χ3v) is 4.75. The van der Waals surface area contributed by atoms with Crippen molar-refractivity contribution in [2.45, 2.75) is 44.9 Å². The summed E-state index contributed by atoms with van der Waals surface area (Å²) in [6.07, 6.45) is 2.11. The number of aromatic nitrogens is 2. The second-order valence-electron chi connectivity index (χ2n) is 6.77. The van der Waals surface area contributed by atoms with Crippen LogP contribution in [0.1, 0.15) is 31.2 Å². The summed E-state index contributed by atoms with van der Waals surface area (Å²) in [6.45, 7) is 2.03. The first-order valence-electron chi connectivity index (χ1n) is 9.01. The van der Waals surface area contributed by atoms with Crippen molar-refractivity contribution in [1.82, 2.24) is 10.1 Å². The molecule has 0 radical (unpaired) electrons. The summed E-state index contributed by atoms with van der Waals surface area (Å²) in [6, 6.07) is 15.3. The standard InChI is InChI=1S/C21H21FN2O2/c1-14-6-8-16(9-7-14)21-23-20(24-26-21)15-10-12-17(13-11-15)25-19-5-3-2-4-18(19)22/h6-13,18-19H,2-5H2,1H3. The molecule has 0 amide bonds. The normalized spacial score (nSPS) is 20.1. The predicted molar refractivity (Wildman–Crippen MR) is 97.7 cm³/mol. The minimum absolute atomic E-state index is 0.340. The molecular weight excluding hydrogens is 331 g/mol. The Morgan fingerprint density at radius 1 is 0.962 bits per heavy atom. The van der Waals surface area contributed by atoms with Gasteiger partial charge in [0.05, 0.1) is 0 Å². The van der Waals surface area contributed by atoms with Gasteiger partial charge in [-0.1, -0.05) is 29.3 Å². The van der Waals surface area contributed by atoms with Crippen LogP contribution in [0, 0.1) is 6.92 Å². The fourth-order valence-electron chi connectivity index (χ4n) is 3.20. The molecule has 0 aliphatic heterocycles. The minimum Gasteiger partial charge on any atom is -0.487 e. The number of benzene rings is 2. The number of alkyl halides is 1. The van der Waals surface area contributed by atoms with Crippen LogP contribution in [0.3, 0.4) is 0 Å². The Morgan fingerprint density at radius 2 is 1.65 bits per heavy atom. The van der Waals surface area contributed by atoms with Gasteiger partial charge in [-0.25, -0.2) is 4.39 Å². The molecule has 4 nitrogen and oxygen atoms in total. The van der Waals surface area contributed by atoms with Crippen LogP contribution in [-0.2, 0) is 0 Å². The number of hydrogen-bond acceptors (Lipinski definition) is 4. The topological polar surface area (TPSA) is 48.2 Å². The van der Waals surface area contributed by atoms with Crippen LogP contribution in [-0.4, -0.2) is 22.4 Å². The molecule has 26 heavy (non-hydrogen) atoms. The van der Waals surface area contributed by atoms with Gasteiger partial charge >= 0.3 is 0 Å². The van der Waals surface area contributed by atoms with Gasteiger partial charge in [0.15, 0.2) is 0 Å². The fraction of sp³-hybridized carbons (Fsp3) is 0.333. The molecule has 0 bridgehead atoms. The summed E-state index contributed by atoms with van der Waals surface area (Å²) in [5.41, 5.74) is 2.90. The first kappa shape index (κ1) is 16.8. The quantitative estimate of drug-likeness (QED) is 0.633. The van der Waals surface area contributed by atoms with Gasteiger partial charge in [0.1, 0.15) is 18.0 Å². The fourth-order valence-corrected chi connectivity index (χ4v) is 3.20. The van der Waals surface area contributed by atoms with Crippen LogP contribution in [0.15, 0.2) is 53.1 Å². The van der Waals surface area contributed by atoms with Crippen molar-refractivity contribution >= 4 is 0 Å². The van der Waals surface area contributed by atoms with E-state index in [1.54, 1.807) is 0 Å². The van der Waals surface area contributed by atoms with Gasteiger partial charge in [-0.15, -0.1) is 0 Å². The van der Waals surface area contributed by atoms with Crippen LogP contribution in [0.2, 0.25) is 0 Å². The summed E-state index contributed by atoms with van der Waals surface area (Å²) < 4.78 is 25.1. The van der Waals surface area contributed by atoms with Crippen LogP contribution < -0.4 is 4.74 Å². The molecule has 2 unspecified atom stereocenters. The summed E-state index contributed by atoms with van der Waals surface area (Å²) in [4.78, 5) is 4.46. The van der Waals surface area contributed by atoms with E-state index in [0.717, 1.165) is 30.4 Å². The molecular formula is C21H21FN2O2. The first-order valence-corrected chi connectivity index (χ1v) is 9.01. The molecule has 1 aliphatic rings. The molecule has 1 saturated carbocycles. The molecule has 134 valence electrons. The molecule has 0 saturated heterocycles. The third-order valence-electron chi connectivity index (χ3n) is 4.75. The number of halogens is 1. The monoisotopic (exact) mass is 352 g/mol. The van der Waals surface area contributed by atoms with Crippen LogP contribution in [0.5, 0.6) is 5.75 Å². The van der Waals surface area contributed by atoms with E-state index >= 15 is 0 Å². The van der Waals surface area contributed by atoms with Crippen LogP contribution in [0.4, 0.5) is 4.39 Å². The van der Waals surface area contributed by atoms with Crippen molar-refractivity contribution in [2.24, 2.45) is 0 Å². The van der Waals surface area contributed by atoms with Crippen molar-refractivity contribution < 1.29 is 13.7 Å². The lowest BCUT2D eigenvalue weighted by molar-refractivity contribution is 0.0638. The Hall–Kier alpha value is -2.69. The largest absolute Gasteiger partial charge is 0.487 e. The number of hydrogen-bond donors (Lipinski definition) is 0. The van der Waals surface area contributed by atoms with Crippen molar-refractivity contribution in [1.29, 1.82) is 0 Å². The highest BCUT2D eigenvalue weighted by atomic mass is 19.1. The van der Waals surface area contributed by atoms with E-state index < -0.39 is 6.17 Å². The zero-order valence-corrected chi connectivity index (χ0v) is 14.7. The minimum atomic E-state index is -0.877. The Labute approximate surface area is 152 Å². The highest BCUT2D eigenvalue weighted by Gasteiger charge is 2.26. The molecule has 5 heteroatoms. The number of rotatable bonds is 4. The molecule has 0 N–H and O–H groups in total. The molecule has 2 atom stereocenters. The average molecular weight is 352 g/mol. The van der Waals surface area contributed by atoms with Gasteiger partial charge in [-0.05, 0) is 62.6 Å². The summed E-state index contributed by atoms with van der Waals surface area (Å²) in [7, 11) is 0. The molecule has 2 aromatic carbocycles. The second-order valence-corrected chi connectivity index (χ2v) is 6.77. The summed E-state index contributed by atoms with van der Waals surface area (Å²) in [5, 5.41) is 4.06. The van der Waals surface area contributed by atoms with Crippen molar-refractivity contribution in [2.75, 3.05) is 0 Å². The summed E-state index contributed by atoms with van der Waals surface area (Å²) in [5.74, 6) is 1.68. The maximum Gasteiger partial charge on any atom is 0.258 e. The summed E-state index contributed by atoms with van der Waals surface area (Å²) >= 11 is 0. The van der Waals surface area contributed by atoms with Gasteiger partial charge in [0.25, 0.3) is 5.89 Å². The molecule has 4 rings (SSSR count). The van der Waals surface area contributed by atoms with E-state index in [2.05, 4.69) is 10.1 Å². The van der Waals surface area contributed by atoms with Crippen molar-refractivity contribution in [3.63, 3.8) is 0 Å². The Morgan fingerprint density at radius 3 is 2.38 bits per heavy atom. The highest BCUT2D eigenvalue weighted by molar-refractivity contribution is 5.60. The number of nitrogens with zero attached hydrogens (tertiary/aromatic N) is 2. The number of aryl methyl sites for hydroxylation is 1. The van der Waals surface area contributed by atoms with Gasteiger partial charge in [0, 0.05) is 11.1 Å². The van der Waals surface area contributed by atoms with Crippen LogP contribution in [0.25, 0.3) is 22.8 Å². The van der Waals surface area contributed by atoms with E-state index in [9.17, 15) is 4.39 Å². The smallest absolute Gasteiger partial charge is 0.258 e. The second kappa shape index (κ2) is 7.28. The van der Waals surface area contributed by atoms with E-state index in [1.165, 1.54) is 5.56 Å². The lowest BCUT2D eigenvalue weighted by Gasteiger charge is -2.26. The molecule has 1 aromatic heterocycles. The Balaban J connectivity index is 1.48. The van der Waals surface area contributed by atoms with Crippen molar-refractivity contribution in [3.05, 3.63) is 54.1 Å². The lowest BCUT2D eigenvalue weighted by atomic mass is 9.96. The van der Waals surface area contributed by atoms with Gasteiger partial charge < -0.3 is 9.26 Å². The van der Waals surface area contributed by atoms with E-state index in [1.807, 2.05) is 55.5 Å². The molecule has 0 spiro atoms. The van der Waals surface area contributed by atoms with E-state index in [4.69, 9.17) is 9.26 Å². The van der Waals surface area contributed by atoms with Crippen molar-refractivity contribution in [3.8, 4) is 28.6 Å². The zero-order chi connectivity index (χ0) is 17.9. The molecule has 1 aliphatic carbocycles. The van der Waals surface area contributed by atoms with Gasteiger partial charge in [-0.2, -0.15) is 4.98 Å². The SMILES string of the molecule is Cc1ccc(-c2nc(-c3ccc(OC4CCCCC4F)cc3)no2)cc1. The Kier molecular flexibility index (Phi) is 4.69. The molecule has 3 aromatic rings. The van der Waals surface area contributed by atoms with Gasteiger partial charge in [-0.3, -0.25) is 0 Å². The predicted octanol–water partition coefficient (Wildman–Crippen LogP) is 5.37. The maximum absolute atomic E-state index is 13.9. The maximum atomic E-state index is 13.9. The first-order chi connectivity index (χ1) is 12.7. The van der Waals surface area contributed by atoms with E-state index in [0.29, 0.717) is 23.9 Å². The third kappa shape index (κ3) is 3.62. The van der Waals surface area contributed by atoms with Gasteiger partial charge in [0.2, 0.25) is 5.82 Å². The highest BCUT2D eigenvalue weighted by Crippen LogP contribution is 2.28. The molecule has 1 fully saturated rings. The average Bonchev–Trinajstić information content (AvgIpc) is 3.15. The zero-order valence-electron chi connectivity index (χ0n) is 14.7.